The molecule has 0 aromatic heterocycles. The van der Waals surface area contributed by atoms with Gasteiger partial charge in [-0.1, -0.05) is 36.7 Å². The molecule has 16 heavy (non-hydrogen) atoms. The molecular formula is C13H18ClNO. The molecule has 0 aliphatic heterocycles. The lowest BCUT2D eigenvalue weighted by Crippen LogP contribution is -2.13. The molecule has 0 amide bonds. The lowest BCUT2D eigenvalue weighted by atomic mass is 10.0. The van der Waals surface area contributed by atoms with Gasteiger partial charge in [0.2, 0.25) is 0 Å². The third-order valence-electron chi connectivity index (χ3n) is 2.66. The van der Waals surface area contributed by atoms with E-state index < -0.39 is 0 Å². The molecule has 1 aromatic carbocycles. The SMILES string of the molecule is CC(CN)CCC(=O)Cc1ccccc1Cl. The summed E-state index contributed by atoms with van der Waals surface area (Å²) in [5, 5.41) is 0.669. The van der Waals surface area contributed by atoms with E-state index in [0.717, 1.165) is 12.0 Å². The summed E-state index contributed by atoms with van der Waals surface area (Å²) in [6.45, 7) is 2.70. The van der Waals surface area contributed by atoms with Gasteiger partial charge in [-0.2, -0.15) is 0 Å². The van der Waals surface area contributed by atoms with E-state index >= 15 is 0 Å². The van der Waals surface area contributed by atoms with Crippen LogP contribution in [-0.4, -0.2) is 12.3 Å². The second-order valence-electron chi connectivity index (χ2n) is 4.19. The van der Waals surface area contributed by atoms with Crippen LogP contribution in [0.25, 0.3) is 0 Å². The van der Waals surface area contributed by atoms with Crippen molar-refractivity contribution < 1.29 is 4.79 Å². The van der Waals surface area contributed by atoms with Crippen LogP contribution in [0.15, 0.2) is 24.3 Å². The predicted molar refractivity (Wildman–Crippen MR) is 67.6 cm³/mol. The van der Waals surface area contributed by atoms with Crippen LogP contribution in [0, 0.1) is 5.92 Å². The van der Waals surface area contributed by atoms with Gasteiger partial charge < -0.3 is 5.73 Å². The first-order valence-electron chi connectivity index (χ1n) is 5.58. The van der Waals surface area contributed by atoms with Crippen molar-refractivity contribution in [2.24, 2.45) is 11.7 Å². The van der Waals surface area contributed by atoms with Gasteiger partial charge in [-0.05, 0) is 30.5 Å². The Labute approximate surface area is 102 Å². The van der Waals surface area contributed by atoms with Crippen molar-refractivity contribution in [2.45, 2.75) is 26.2 Å². The fourth-order valence-corrected chi connectivity index (χ4v) is 1.67. The average molecular weight is 240 g/mol. The van der Waals surface area contributed by atoms with Crippen molar-refractivity contribution in [2.75, 3.05) is 6.54 Å². The minimum atomic E-state index is 0.230. The smallest absolute Gasteiger partial charge is 0.137 e. The van der Waals surface area contributed by atoms with Gasteiger partial charge in [0.25, 0.3) is 0 Å². The van der Waals surface area contributed by atoms with Crippen molar-refractivity contribution in [1.29, 1.82) is 0 Å². The maximum absolute atomic E-state index is 11.7. The van der Waals surface area contributed by atoms with E-state index in [1.165, 1.54) is 0 Å². The normalized spacial score (nSPS) is 12.4. The van der Waals surface area contributed by atoms with Crippen molar-refractivity contribution >= 4 is 17.4 Å². The van der Waals surface area contributed by atoms with Gasteiger partial charge in [0, 0.05) is 17.9 Å². The zero-order chi connectivity index (χ0) is 12.0. The molecule has 1 rings (SSSR count). The van der Waals surface area contributed by atoms with Gasteiger partial charge in [-0.25, -0.2) is 0 Å². The summed E-state index contributed by atoms with van der Waals surface area (Å²) in [5.41, 5.74) is 6.41. The van der Waals surface area contributed by atoms with Crippen LogP contribution >= 0.6 is 11.6 Å². The third kappa shape index (κ3) is 4.33. The summed E-state index contributed by atoms with van der Waals surface area (Å²) < 4.78 is 0. The van der Waals surface area contributed by atoms with E-state index in [4.69, 9.17) is 17.3 Å². The minimum absolute atomic E-state index is 0.230. The molecule has 2 N–H and O–H groups in total. The van der Waals surface area contributed by atoms with Crippen LogP contribution in [0.1, 0.15) is 25.3 Å². The number of hydrogen-bond acceptors (Lipinski definition) is 2. The Morgan fingerprint density at radius 3 is 2.75 bits per heavy atom. The topological polar surface area (TPSA) is 43.1 Å². The lowest BCUT2D eigenvalue weighted by Gasteiger charge is -2.07. The molecule has 0 heterocycles. The van der Waals surface area contributed by atoms with Crippen LogP contribution in [0.2, 0.25) is 5.02 Å². The standard InChI is InChI=1S/C13H18ClNO/c1-10(9-15)6-7-12(16)8-11-4-2-3-5-13(11)14/h2-5,10H,6-9,15H2,1H3. The molecule has 0 spiro atoms. The van der Waals surface area contributed by atoms with Crippen LogP contribution in [-0.2, 0) is 11.2 Å². The van der Waals surface area contributed by atoms with Crippen molar-refractivity contribution in [3.8, 4) is 0 Å². The predicted octanol–water partition coefficient (Wildman–Crippen LogP) is 2.83. The number of hydrogen-bond donors (Lipinski definition) is 1. The van der Waals surface area contributed by atoms with Crippen LogP contribution in [0.5, 0.6) is 0 Å². The zero-order valence-corrected chi connectivity index (χ0v) is 10.3. The molecule has 0 saturated heterocycles. The number of Topliss-reactive ketones (excluding diaryl/α,β-unsaturated/α-hetero) is 1. The molecular weight excluding hydrogens is 222 g/mol. The summed E-state index contributed by atoms with van der Waals surface area (Å²) in [6, 6.07) is 7.48. The number of rotatable bonds is 6. The largest absolute Gasteiger partial charge is 0.330 e. The highest BCUT2D eigenvalue weighted by molar-refractivity contribution is 6.31. The van der Waals surface area contributed by atoms with Gasteiger partial charge in [-0.15, -0.1) is 0 Å². The highest BCUT2D eigenvalue weighted by Crippen LogP contribution is 2.16. The number of carbonyl (C=O) groups is 1. The first-order chi connectivity index (χ1) is 7.63. The van der Waals surface area contributed by atoms with Gasteiger partial charge in [0.05, 0.1) is 0 Å². The van der Waals surface area contributed by atoms with Crippen molar-refractivity contribution in [3.05, 3.63) is 34.9 Å². The van der Waals surface area contributed by atoms with Crippen molar-refractivity contribution in [3.63, 3.8) is 0 Å². The number of nitrogens with two attached hydrogens (primary N) is 1. The molecule has 0 radical (unpaired) electrons. The maximum atomic E-state index is 11.7. The van der Waals surface area contributed by atoms with E-state index in [-0.39, 0.29) is 5.78 Å². The Morgan fingerprint density at radius 2 is 2.12 bits per heavy atom. The lowest BCUT2D eigenvalue weighted by molar-refractivity contribution is -0.118. The Balaban J connectivity index is 2.43. The monoisotopic (exact) mass is 239 g/mol. The molecule has 1 unspecified atom stereocenters. The Kier molecular flexibility index (Phi) is 5.50. The third-order valence-corrected chi connectivity index (χ3v) is 3.03. The Bertz CT molecular complexity index is 352. The van der Waals surface area contributed by atoms with Gasteiger partial charge in [-0.3, -0.25) is 4.79 Å². The number of halogens is 1. The fourth-order valence-electron chi connectivity index (χ4n) is 1.47. The molecule has 1 atom stereocenters. The molecule has 0 fully saturated rings. The van der Waals surface area contributed by atoms with E-state index in [2.05, 4.69) is 6.92 Å². The number of benzene rings is 1. The summed E-state index contributed by atoms with van der Waals surface area (Å²) in [7, 11) is 0. The second-order valence-corrected chi connectivity index (χ2v) is 4.59. The molecule has 3 heteroatoms. The quantitative estimate of drug-likeness (QED) is 0.830. The van der Waals surface area contributed by atoms with Crippen LogP contribution in [0.4, 0.5) is 0 Å². The van der Waals surface area contributed by atoms with E-state index in [1.807, 2.05) is 24.3 Å². The second kappa shape index (κ2) is 6.66. The zero-order valence-electron chi connectivity index (χ0n) is 9.58. The Hall–Kier alpha value is -0.860. The molecule has 0 aliphatic carbocycles. The minimum Gasteiger partial charge on any atom is -0.330 e. The molecule has 88 valence electrons. The number of carbonyl (C=O) groups excluding carboxylic acids is 1. The van der Waals surface area contributed by atoms with Gasteiger partial charge in [0.15, 0.2) is 0 Å². The number of ketones is 1. The Morgan fingerprint density at radius 1 is 1.44 bits per heavy atom. The molecule has 2 nitrogen and oxygen atoms in total. The van der Waals surface area contributed by atoms with Gasteiger partial charge in [0.1, 0.15) is 5.78 Å². The van der Waals surface area contributed by atoms with Crippen LogP contribution in [0.3, 0.4) is 0 Å². The first kappa shape index (κ1) is 13.2. The van der Waals surface area contributed by atoms with Crippen LogP contribution < -0.4 is 5.73 Å². The van der Waals surface area contributed by atoms with Crippen molar-refractivity contribution in [1.82, 2.24) is 0 Å². The van der Waals surface area contributed by atoms with Gasteiger partial charge >= 0.3 is 0 Å². The average Bonchev–Trinajstić information content (AvgIpc) is 2.29. The molecule has 0 aliphatic rings. The highest BCUT2D eigenvalue weighted by atomic mass is 35.5. The highest BCUT2D eigenvalue weighted by Gasteiger charge is 2.08. The first-order valence-corrected chi connectivity index (χ1v) is 5.96. The molecule has 0 bridgehead atoms. The summed E-state index contributed by atoms with van der Waals surface area (Å²) in [5.74, 6) is 0.642. The summed E-state index contributed by atoms with van der Waals surface area (Å²) in [6.07, 6.45) is 1.88. The van der Waals surface area contributed by atoms with E-state index in [0.29, 0.717) is 30.3 Å². The maximum Gasteiger partial charge on any atom is 0.137 e. The molecule has 1 aromatic rings. The summed E-state index contributed by atoms with van der Waals surface area (Å²) >= 11 is 5.99. The van der Waals surface area contributed by atoms with E-state index in [1.54, 1.807) is 0 Å². The van der Waals surface area contributed by atoms with E-state index in [9.17, 15) is 4.79 Å². The summed E-state index contributed by atoms with van der Waals surface area (Å²) in [4.78, 5) is 11.7. The molecule has 0 saturated carbocycles. The fraction of sp³-hybridized carbons (Fsp3) is 0.462.